The van der Waals surface area contributed by atoms with Crippen molar-refractivity contribution in [2.24, 2.45) is 0 Å². The molecule has 0 aliphatic carbocycles. The summed E-state index contributed by atoms with van der Waals surface area (Å²) in [7, 11) is 0. The van der Waals surface area contributed by atoms with Crippen molar-refractivity contribution in [3.8, 4) is 0 Å². The molecule has 0 saturated heterocycles. The molecule has 0 aromatic carbocycles. The monoisotopic (exact) mass is 240 g/mol. The summed E-state index contributed by atoms with van der Waals surface area (Å²) in [5.74, 6) is 1.29. The largest absolute Gasteiger partial charge is 0.350 e. The predicted molar refractivity (Wildman–Crippen MR) is 74.0 cm³/mol. The van der Waals surface area contributed by atoms with Crippen molar-refractivity contribution in [2.45, 2.75) is 39.3 Å². The maximum Gasteiger partial charge on any atom is 0.0359 e. The molecular weight excluding hydrogens is 216 g/mol. The molecule has 92 valence electrons. The Labute approximate surface area is 104 Å². The zero-order chi connectivity index (χ0) is 11.6. The highest BCUT2D eigenvalue weighted by Crippen LogP contribution is 2.03. The first-order chi connectivity index (χ1) is 7.88. The third-order valence-electron chi connectivity index (χ3n) is 2.65. The standard InChI is InChI=1S/C13H24N2S/c1-3-9-15-10-6-7-13(15)12-14-8-4-5-11-16-2/h6-7,10,14H,3-5,8-9,11-12H2,1-2H3. The summed E-state index contributed by atoms with van der Waals surface area (Å²) >= 11 is 1.93. The van der Waals surface area contributed by atoms with Crippen molar-refractivity contribution in [1.82, 2.24) is 9.88 Å². The molecule has 0 aliphatic heterocycles. The summed E-state index contributed by atoms with van der Waals surface area (Å²) in [4.78, 5) is 0. The fourth-order valence-corrected chi connectivity index (χ4v) is 2.27. The summed E-state index contributed by atoms with van der Waals surface area (Å²) in [6, 6.07) is 4.35. The smallest absolute Gasteiger partial charge is 0.0359 e. The molecule has 0 atom stereocenters. The minimum absolute atomic E-state index is 1.01. The van der Waals surface area contributed by atoms with E-state index in [1.807, 2.05) is 11.8 Å². The molecule has 1 aromatic rings. The Kier molecular flexibility index (Phi) is 7.43. The summed E-state index contributed by atoms with van der Waals surface area (Å²) in [6.45, 7) is 5.50. The minimum Gasteiger partial charge on any atom is -0.350 e. The molecule has 1 heterocycles. The number of aromatic nitrogens is 1. The lowest BCUT2D eigenvalue weighted by Crippen LogP contribution is -2.17. The number of hydrogen-bond donors (Lipinski definition) is 1. The first-order valence-corrected chi connectivity index (χ1v) is 7.61. The van der Waals surface area contributed by atoms with Crippen LogP contribution in [0.3, 0.4) is 0 Å². The van der Waals surface area contributed by atoms with E-state index in [1.54, 1.807) is 0 Å². The Morgan fingerprint density at radius 2 is 2.25 bits per heavy atom. The van der Waals surface area contributed by atoms with E-state index in [4.69, 9.17) is 0 Å². The Morgan fingerprint density at radius 1 is 1.38 bits per heavy atom. The molecule has 1 rings (SSSR count). The van der Waals surface area contributed by atoms with Crippen LogP contribution in [0.1, 0.15) is 31.9 Å². The highest BCUT2D eigenvalue weighted by atomic mass is 32.2. The van der Waals surface area contributed by atoms with E-state index in [0.717, 1.165) is 19.6 Å². The molecule has 1 aromatic heterocycles. The van der Waals surface area contributed by atoms with Gasteiger partial charge < -0.3 is 9.88 Å². The third kappa shape index (κ3) is 5.08. The second-order valence-electron chi connectivity index (χ2n) is 4.07. The molecule has 3 heteroatoms. The molecule has 0 bridgehead atoms. The molecule has 16 heavy (non-hydrogen) atoms. The van der Waals surface area contributed by atoms with E-state index in [0.29, 0.717) is 0 Å². The van der Waals surface area contributed by atoms with Gasteiger partial charge in [0.1, 0.15) is 0 Å². The average molecular weight is 240 g/mol. The van der Waals surface area contributed by atoms with Crippen molar-refractivity contribution in [3.05, 3.63) is 24.0 Å². The van der Waals surface area contributed by atoms with E-state index in [-0.39, 0.29) is 0 Å². The number of nitrogens with one attached hydrogen (secondary N) is 1. The van der Waals surface area contributed by atoms with Crippen LogP contribution in [-0.4, -0.2) is 23.1 Å². The number of nitrogens with zero attached hydrogens (tertiary/aromatic N) is 1. The molecule has 0 spiro atoms. The van der Waals surface area contributed by atoms with Gasteiger partial charge in [0.25, 0.3) is 0 Å². The summed E-state index contributed by atoms with van der Waals surface area (Å²) < 4.78 is 2.34. The van der Waals surface area contributed by atoms with Crippen molar-refractivity contribution in [1.29, 1.82) is 0 Å². The minimum atomic E-state index is 1.01. The fraction of sp³-hybridized carbons (Fsp3) is 0.692. The van der Waals surface area contributed by atoms with Crippen LogP contribution < -0.4 is 5.32 Å². The first-order valence-electron chi connectivity index (χ1n) is 6.22. The predicted octanol–water partition coefficient (Wildman–Crippen LogP) is 3.13. The van der Waals surface area contributed by atoms with E-state index >= 15 is 0 Å². The number of rotatable bonds is 9. The van der Waals surface area contributed by atoms with Crippen LogP contribution >= 0.6 is 11.8 Å². The molecule has 2 nitrogen and oxygen atoms in total. The highest BCUT2D eigenvalue weighted by Gasteiger charge is 1.98. The molecule has 0 fully saturated rings. The topological polar surface area (TPSA) is 17.0 Å². The van der Waals surface area contributed by atoms with Crippen LogP contribution in [0, 0.1) is 0 Å². The lowest BCUT2D eigenvalue weighted by Gasteiger charge is -2.09. The van der Waals surface area contributed by atoms with Crippen LogP contribution in [-0.2, 0) is 13.1 Å². The van der Waals surface area contributed by atoms with Crippen molar-refractivity contribution < 1.29 is 0 Å². The van der Waals surface area contributed by atoms with Gasteiger partial charge in [0.05, 0.1) is 0 Å². The average Bonchev–Trinajstić information content (AvgIpc) is 2.72. The molecule has 0 unspecified atom stereocenters. The summed E-state index contributed by atoms with van der Waals surface area (Å²) in [5.41, 5.74) is 1.41. The number of unbranched alkanes of at least 4 members (excludes halogenated alkanes) is 1. The van der Waals surface area contributed by atoms with Gasteiger partial charge in [-0.1, -0.05) is 6.92 Å². The second-order valence-corrected chi connectivity index (χ2v) is 5.06. The Bertz CT molecular complexity index is 271. The molecule has 0 aliphatic rings. The van der Waals surface area contributed by atoms with Crippen LogP contribution in [0.2, 0.25) is 0 Å². The summed E-state index contributed by atoms with van der Waals surface area (Å²) in [6.07, 6.45) is 8.16. The Morgan fingerprint density at radius 3 is 3.00 bits per heavy atom. The van der Waals surface area contributed by atoms with Gasteiger partial charge in [0.15, 0.2) is 0 Å². The normalized spacial score (nSPS) is 10.9. The van der Waals surface area contributed by atoms with E-state index in [2.05, 4.69) is 41.4 Å². The van der Waals surface area contributed by atoms with Crippen LogP contribution in [0.15, 0.2) is 18.3 Å². The van der Waals surface area contributed by atoms with Gasteiger partial charge in [-0.05, 0) is 49.9 Å². The lowest BCUT2D eigenvalue weighted by atomic mass is 10.3. The van der Waals surface area contributed by atoms with E-state index in [1.165, 1.54) is 30.7 Å². The zero-order valence-electron chi connectivity index (χ0n) is 10.5. The van der Waals surface area contributed by atoms with Gasteiger partial charge in [-0.2, -0.15) is 11.8 Å². The van der Waals surface area contributed by atoms with Gasteiger partial charge in [-0.3, -0.25) is 0 Å². The van der Waals surface area contributed by atoms with E-state index < -0.39 is 0 Å². The quantitative estimate of drug-likeness (QED) is 0.668. The fourth-order valence-electron chi connectivity index (χ4n) is 1.78. The second kappa shape index (κ2) is 8.71. The Hall–Kier alpha value is -0.410. The highest BCUT2D eigenvalue weighted by molar-refractivity contribution is 7.98. The zero-order valence-corrected chi connectivity index (χ0v) is 11.4. The van der Waals surface area contributed by atoms with E-state index in [9.17, 15) is 0 Å². The molecular formula is C13H24N2S. The third-order valence-corrected chi connectivity index (χ3v) is 3.34. The van der Waals surface area contributed by atoms with Gasteiger partial charge >= 0.3 is 0 Å². The first kappa shape index (κ1) is 13.7. The Balaban J connectivity index is 2.13. The molecule has 0 saturated carbocycles. The molecule has 1 N–H and O–H groups in total. The van der Waals surface area contributed by atoms with Crippen LogP contribution in [0.5, 0.6) is 0 Å². The summed E-state index contributed by atoms with van der Waals surface area (Å²) in [5, 5.41) is 3.52. The van der Waals surface area contributed by atoms with Gasteiger partial charge in [-0.15, -0.1) is 0 Å². The van der Waals surface area contributed by atoms with Crippen LogP contribution in [0.4, 0.5) is 0 Å². The maximum atomic E-state index is 3.52. The maximum absolute atomic E-state index is 3.52. The number of hydrogen-bond acceptors (Lipinski definition) is 2. The SMILES string of the molecule is CCCn1cccc1CNCCCCSC. The van der Waals surface area contributed by atoms with Crippen molar-refractivity contribution in [2.75, 3.05) is 18.6 Å². The van der Waals surface area contributed by atoms with Crippen LogP contribution in [0.25, 0.3) is 0 Å². The number of aryl methyl sites for hydroxylation is 1. The lowest BCUT2D eigenvalue weighted by molar-refractivity contribution is 0.588. The van der Waals surface area contributed by atoms with Crippen molar-refractivity contribution >= 4 is 11.8 Å². The van der Waals surface area contributed by atoms with Crippen molar-refractivity contribution in [3.63, 3.8) is 0 Å². The molecule has 0 amide bonds. The number of thioether (sulfide) groups is 1. The van der Waals surface area contributed by atoms with Gasteiger partial charge in [0, 0.05) is 25.0 Å². The molecule has 0 radical (unpaired) electrons. The van der Waals surface area contributed by atoms with Gasteiger partial charge in [-0.25, -0.2) is 0 Å². The van der Waals surface area contributed by atoms with Gasteiger partial charge in [0.2, 0.25) is 0 Å².